The second-order valence-corrected chi connectivity index (χ2v) is 8.11. The van der Waals surface area contributed by atoms with Crippen molar-refractivity contribution < 1.29 is 9.15 Å². The maximum Gasteiger partial charge on any atom is 0.200 e. The summed E-state index contributed by atoms with van der Waals surface area (Å²) in [5.41, 5.74) is 0.995. The third kappa shape index (κ3) is 4.40. The predicted octanol–water partition coefficient (Wildman–Crippen LogP) is 5.54. The average molecular weight is 433 g/mol. The molecule has 4 aromatic rings. The molecule has 0 N–H and O–H groups in total. The van der Waals surface area contributed by atoms with Gasteiger partial charge in [-0.3, -0.25) is 4.57 Å². The van der Waals surface area contributed by atoms with Crippen molar-refractivity contribution in [1.82, 2.24) is 19.7 Å². The van der Waals surface area contributed by atoms with Gasteiger partial charge in [-0.25, -0.2) is 4.98 Å². The smallest absolute Gasteiger partial charge is 0.200 e. The second-order valence-electron chi connectivity index (χ2n) is 5.79. The molecule has 0 saturated carbocycles. The molecule has 0 aliphatic carbocycles. The fourth-order valence-electron chi connectivity index (χ4n) is 2.56. The molecule has 0 unspecified atom stereocenters. The number of thioether (sulfide) groups is 1. The maximum atomic E-state index is 5.88. The fourth-order valence-corrected chi connectivity index (χ4v) is 4.40. The van der Waals surface area contributed by atoms with Gasteiger partial charge in [0.2, 0.25) is 0 Å². The van der Waals surface area contributed by atoms with Crippen LogP contribution in [0.1, 0.15) is 17.6 Å². The summed E-state index contributed by atoms with van der Waals surface area (Å²) in [4.78, 5) is 4.64. The molecule has 28 heavy (non-hydrogen) atoms. The number of halogens is 1. The molecule has 3 heterocycles. The molecule has 144 valence electrons. The SMILES string of the molecule is CCn1c(SCc2csc(COc3ccc(Cl)cc3)n2)nnc1-c1ccco1. The number of thiazole rings is 1. The minimum absolute atomic E-state index is 0.435. The van der Waals surface area contributed by atoms with Gasteiger partial charge >= 0.3 is 0 Å². The van der Waals surface area contributed by atoms with Gasteiger partial charge in [0.1, 0.15) is 17.4 Å². The van der Waals surface area contributed by atoms with Crippen LogP contribution in [0.3, 0.4) is 0 Å². The summed E-state index contributed by atoms with van der Waals surface area (Å²) in [6, 6.07) is 11.0. The maximum absolute atomic E-state index is 5.88. The number of hydrogen-bond donors (Lipinski definition) is 0. The number of rotatable bonds is 8. The summed E-state index contributed by atoms with van der Waals surface area (Å²) < 4.78 is 13.2. The molecule has 0 spiro atoms. The first kappa shape index (κ1) is 19.0. The zero-order chi connectivity index (χ0) is 19.3. The van der Waals surface area contributed by atoms with Gasteiger partial charge in [0.05, 0.1) is 12.0 Å². The molecular formula is C19H17ClN4O2S2. The summed E-state index contributed by atoms with van der Waals surface area (Å²) >= 11 is 9.08. The van der Waals surface area contributed by atoms with Crippen LogP contribution in [0, 0.1) is 0 Å². The van der Waals surface area contributed by atoms with Crippen molar-refractivity contribution in [2.24, 2.45) is 0 Å². The lowest BCUT2D eigenvalue weighted by Gasteiger charge is -2.05. The Morgan fingerprint density at radius 1 is 1.21 bits per heavy atom. The Morgan fingerprint density at radius 3 is 2.82 bits per heavy atom. The Hall–Kier alpha value is -2.29. The van der Waals surface area contributed by atoms with Crippen molar-refractivity contribution in [2.75, 3.05) is 0 Å². The molecule has 4 rings (SSSR count). The van der Waals surface area contributed by atoms with Gasteiger partial charge in [-0.2, -0.15) is 0 Å². The molecule has 0 bridgehead atoms. The minimum Gasteiger partial charge on any atom is -0.486 e. The van der Waals surface area contributed by atoms with Gasteiger partial charge in [0.15, 0.2) is 16.7 Å². The van der Waals surface area contributed by atoms with Crippen LogP contribution in [-0.4, -0.2) is 19.7 Å². The first-order chi connectivity index (χ1) is 13.7. The number of ether oxygens (including phenoxy) is 1. The van der Waals surface area contributed by atoms with Crippen LogP contribution >= 0.6 is 34.7 Å². The Morgan fingerprint density at radius 2 is 2.07 bits per heavy atom. The minimum atomic E-state index is 0.435. The van der Waals surface area contributed by atoms with Crippen molar-refractivity contribution in [3.8, 4) is 17.3 Å². The quantitative estimate of drug-likeness (QED) is 0.340. The summed E-state index contributed by atoms with van der Waals surface area (Å²) in [5, 5.41) is 13.1. The van der Waals surface area contributed by atoms with E-state index < -0.39 is 0 Å². The van der Waals surface area contributed by atoms with E-state index in [1.807, 2.05) is 46.3 Å². The molecule has 0 aliphatic rings. The third-order valence-corrected chi connectivity index (χ3v) is 6.02. The van der Waals surface area contributed by atoms with E-state index in [0.29, 0.717) is 17.4 Å². The summed E-state index contributed by atoms with van der Waals surface area (Å²) in [6.45, 7) is 3.27. The lowest BCUT2D eigenvalue weighted by molar-refractivity contribution is 0.305. The molecule has 3 aromatic heterocycles. The van der Waals surface area contributed by atoms with Crippen molar-refractivity contribution in [1.29, 1.82) is 0 Å². The van der Waals surface area contributed by atoms with Crippen molar-refractivity contribution in [3.63, 3.8) is 0 Å². The van der Waals surface area contributed by atoms with E-state index in [1.54, 1.807) is 29.4 Å². The fraction of sp³-hybridized carbons (Fsp3) is 0.211. The standard InChI is InChI=1S/C19H17ClN4O2S2/c1-2-24-18(16-4-3-9-25-16)22-23-19(24)28-12-14-11-27-17(21-14)10-26-15-7-5-13(20)6-8-15/h3-9,11H,2,10,12H2,1H3. The highest BCUT2D eigenvalue weighted by Gasteiger charge is 2.15. The zero-order valence-electron chi connectivity index (χ0n) is 15.0. The largest absolute Gasteiger partial charge is 0.486 e. The summed E-state index contributed by atoms with van der Waals surface area (Å²) in [6.07, 6.45) is 1.64. The van der Waals surface area contributed by atoms with Crippen molar-refractivity contribution in [2.45, 2.75) is 31.0 Å². The number of furan rings is 1. The van der Waals surface area contributed by atoms with Crippen LogP contribution in [0.4, 0.5) is 0 Å². The van der Waals surface area contributed by atoms with Gasteiger partial charge in [-0.1, -0.05) is 23.4 Å². The molecule has 0 aliphatic heterocycles. The first-order valence-electron chi connectivity index (χ1n) is 8.64. The molecule has 9 heteroatoms. The molecular weight excluding hydrogens is 416 g/mol. The van der Waals surface area contributed by atoms with E-state index in [0.717, 1.165) is 39.7 Å². The van der Waals surface area contributed by atoms with Crippen LogP contribution in [0.5, 0.6) is 5.75 Å². The summed E-state index contributed by atoms with van der Waals surface area (Å²) in [7, 11) is 0. The first-order valence-corrected chi connectivity index (χ1v) is 10.9. The van der Waals surface area contributed by atoms with Gasteiger partial charge in [0.25, 0.3) is 0 Å². The monoisotopic (exact) mass is 432 g/mol. The number of hydrogen-bond acceptors (Lipinski definition) is 7. The number of aromatic nitrogens is 4. The molecule has 0 saturated heterocycles. The number of nitrogens with zero attached hydrogens (tertiary/aromatic N) is 4. The topological polar surface area (TPSA) is 66.0 Å². The van der Waals surface area contributed by atoms with Gasteiger partial charge in [-0.05, 0) is 43.3 Å². The molecule has 0 amide bonds. The van der Waals surface area contributed by atoms with Gasteiger partial charge < -0.3 is 9.15 Å². The highest BCUT2D eigenvalue weighted by molar-refractivity contribution is 7.98. The van der Waals surface area contributed by atoms with Gasteiger partial charge in [-0.15, -0.1) is 21.5 Å². The van der Waals surface area contributed by atoms with Crippen LogP contribution in [0.15, 0.2) is 57.6 Å². The van der Waals surface area contributed by atoms with Crippen molar-refractivity contribution >= 4 is 34.7 Å². The zero-order valence-corrected chi connectivity index (χ0v) is 17.4. The molecule has 6 nitrogen and oxygen atoms in total. The van der Waals surface area contributed by atoms with Crippen LogP contribution < -0.4 is 4.74 Å². The molecule has 0 radical (unpaired) electrons. The predicted molar refractivity (Wildman–Crippen MR) is 111 cm³/mol. The summed E-state index contributed by atoms with van der Waals surface area (Å²) in [5.74, 6) is 2.95. The molecule has 1 aromatic carbocycles. The van der Waals surface area contributed by atoms with E-state index in [-0.39, 0.29) is 0 Å². The lowest BCUT2D eigenvalue weighted by atomic mass is 10.3. The Labute approximate surface area is 175 Å². The Kier molecular flexibility index (Phi) is 5.99. The highest BCUT2D eigenvalue weighted by Crippen LogP contribution is 2.27. The molecule has 0 atom stereocenters. The normalized spacial score (nSPS) is 11.1. The Bertz CT molecular complexity index is 1030. The van der Waals surface area contributed by atoms with E-state index in [2.05, 4.69) is 22.1 Å². The highest BCUT2D eigenvalue weighted by atomic mass is 35.5. The second kappa shape index (κ2) is 8.81. The van der Waals surface area contributed by atoms with Crippen LogP contribution in [-0.2, 0) is 18.9 Å². The van der Waals surface area contributed by atoms with E-state index in [1.165, 1.54) is 0 Å². The Balaban J connectivity index is 1.36. The molecule has 0 fully saturated rings. The van der Waals surface area contributed by atoms with Gasteiger partial charge in [0, 0.05) is 22.7 Å². The number of benzene rings is 1. The van der Waals surface area contributed by atoms with E-state index >= 15 is 0 Å². The van der Waals surface area contributed by atoms with E-state index in [4.69, 9.17) is 20.8 Å². The lowest BCUT2D eigenvalue weighted by Crippen LogP contribution is -1.99. The van der Waals surface area contributed by atoms with Crippen molar-refractivity contribution in [3.05, 3.63) is 63.8 Å². The average Bonchev–Trinajstić information content (AvgIpc) is 3.45. The van der Waals surface area contributed by atoms with Crippen LogP contribution in [0.25, 0.3) is 11.6 Å². The van der Waals surface area contributed by atoms with Crippen LogP contribution in [0.2, 0.25) is 5.02 Å². The van der Waals surface area contributed by atoms with E-state index in [9.17, 15) is 0 Å². The third-order valence-electron chi connectivity index (χ3n) is 3.90.